The van der Waals surface area contributed by atoms with Crippen LogP contribution in [-0.4, -0.2) is 46.7 Å². The van der Waals surface area contributed by atoms with E-state index in [1.165, 1.54) is 51.4 Å². The smallest absolute Gasteiger partial charge is 0.229 e. The molecule has 0 radical (unpaired) electrons. The van der Waals surface area contributed by atoms with Crippen molar-refractivity contribution < 1.29 is 4.74 Å². The Morgan fingerprint density at radius 3 is 2.47 bits per heavy atom. The Morgan fingerprint density at radius 1 is 1.03 bits per heavy atom. The highest BCUT2D eigenvalue weighted by Crippen LogP contribution is 2.26. The normalized spacial score (nSPS) is 19.9. The SMILES string of the molecule is CCC(Nc1nc(NCc2ccc(OC)c(Br)c2)nc(NC2CCCCCC2)n1)C1CCCN1. The Labute approximate surface area is 211 Å². The zero-order chi connectivity index (χ0) is 23.8. The first kappa shape index (κ1) is 25.0. The highest BCUT2D eigenvalue weighted by molar-refractivity contribution is 9.10. The van der Waals surface area contributed by atoms with Crippen LogP contribution in [0.25, 0.3) is 0 Å². The van der Waals surface area contributed by atoms with Gasteiger partial charge in [0.25, 0.3) is 0 Å². The summed E-state index contributed by atoms with van der Waals surface area (Å²) >= 11 is 3.57. The molecule has 0 amide bonds. The molecule has 1 saturated carbocycles. The Morgan fingerprint density at radius 2 is 1.79 bits per heavy atom. The largest absolute Gasteiger partial charge is 0.496 e. The maximum atomic E-state index is 5.34. The second kappa shape index (κ2) is 12.5. The summed E-state index contributed by atoms with van der Waals surface area (Å²) < 4.78 is 6.27. The van der Waals surface area contributed by atoms with E-state index in [4.69, 9.17) is 19.7 Å². The van der Waals surface area contributed by atoms with Gasteiger partial charge in [0.15, 0.2) is 0 Å². The summed E-state index contributed by atoms with van der Waals surface area (Å²) in [5.74, 6) is 2.67. The number of halogens is 1. The van der Waals surface area contributed by atoms with E-state index in [1.807, 2.05) is 12.1 Å². The lowest BCUT2D eigenvalue weighted by atomic mass is 10.0. The van der Waals surface area contributed by atoms with E-state index >= 15 is 0 Å². The minimum atomic E-state index is 0.293. The number of rotatable bonds is 10. The minimum absolute atomic E-state index is 0.293. The molecule has 34 heavy (non-hydrogen) atoms. The number of ether oxygens (including phenoxy) is 1. The molecular weight excluding hydrogens is 494 g/mol. The number of nitrogens with zero attached hydrogens (tertiary/aromatic N) is 3. The molecule has 8 nitrogen and oxygen atoms in total. The number of nitrogens with one attached hydrogen (secondary N) is 4. The van der Waals surface area contributed by atoms with E-state index in [-0.39, 0.29) is 0 Å². The van der Waals surface area contributed by atoms with Gasteiger partial charge in [-0.1, -0.05) is 38.7 Å². The van der Waals surface area contributed by atoms with E-state index in [0.717, 1.165) is 28.8 Å². The first-order valence-corrected chi connectivity index (χ1v) is 13.5. The van der Waals surface area contributed by atoms with E-state index < -0.39 is 0 Å². The van der Waals surface area contributed by atoms with Crippen LogP contribution in [0.5, 0.6) is 5.75 Å². The van der Waals surface area contributed by atoms with Crippen LogP contribution in [0.15, 0.2) is 22.7 Å². The van der Waals surface area contributed by atoms with Crippen LogP contribution in [-0.2, 0) is 6.54 Å². The number of aromatic nitrogens is 3. The number of hydrogen-bond donors (Lipinski definition) is 4. The monoisotopic (exact) mass is 531 g/mol. The van der Waals surface area contributed by atoms with Crippen molar-refractivity contribution in [3.8, 4) is 5.75 Å². The molecule has 2 atom stereocenters. The molecule has 2 unspecified atom stereocenters. The number of methoxy groups -OCH3 is 1. The summed E-state index contributed by atoms with van der Waals surface area (Å²) in [4.78, 5) is 14.2. The second-order valence-corrected chi connectivity index (χ2v) is 10.2. The van der Waals surface area contributed by atoms with Gasteiger partial charge in [0.2, 0.25) is 17.8 Å². The molecule has 0 spiro atoms. The molecule has 2 aromatic rings. The standard InChI is InChI=1S/C25H38BrN7O/c1-3-20(21-11-8-14-27-21)30-25-32-23(28-16-17-12-13-22(34-2)19(26)15-17)31-24(33-25)29-18-9-6-4-5-7-10-18/h12-13,15,18,20-21,27H,3-11,14,16H2,1-2H3,(H3,28,29,30,31,32,33). The quantitative estimate of drug-likeness (QED) is 0.305. The average Bonchev–Trinajstić information content (AvgIpc) is 3.26. The van der Waals surface area contributed by atoms with Gasteiger partial charge in [0, 0.05) is 24.7 Å². The summed E-state index contributed by atoms with van der Waals surface area (Å²) in [5, 5.41) is 14.2. The fraction of sp³-hybridized carbons (Fsp3) is 0.640. The highest BCUT2D eigenvalue weighted by atomic mass is 79.9. The molecule has 2 aliphatic rings. The van der Waals surface area contributed by atoms with Crippen LogP contribution in [0.2, 0.25) is 0 Å². The van der Waals surface area contributed by atoms with Crippen molar-refractivity contribution in [1.82, 2.24) is 20.3 Å². The summed E-state index contributed by atoms with van der Waals surface area (Å²) in [5.41, 5.74) is 1.11. The summed E-state index contributed by atoms with van der Waals surface area (Å²) in [6.07, 6.45) is 10.9. The van der Waals surface area contributed by atoms with Crippen LogP contribution in [0.4, 0.5) is 17.8 Å². The highest BCUT2D eigenvalue weighted by Gasteiger charge is 2.24. The molecule has 4 N–H and O–H groups in total. The topological polar surface area (TPSA) is 96.0 Å². The lowest BCUT2D eigenvalue weighted by Gasteiger charge is -2.24. The molecule has 2 heterocycles. The first-order chi connectivity index (χ1) is 16.6. The van der Waals surface area contributed by atoms with Gasteiger partial charge in [-0.25, -0.2) is 0 Å². The van der Waals surface area contributed by atoms with E-state index in [0.29, 0.717) is 42.5 Å². The molecule has 2 fully saturated rings. The Kier molecular flexibility index (Phi) is 9.21. The van der Waals surface area contributed by atoms with Crippen LogP contribution in [0, 0.1) is 0 Å². The molecular formula is C25H38BrN7O. The third kappa shape index (κ3) is 6.95. The molecule has 1 aliphatic heterocycles. The third-order valence-corrected chi connectivity index (χ3v) is 7.45. The van der Waals surface area contributed by atoms with Gasteiger partial charge in [-0.3, -0.25) is 0 Å². The minimum Gasteiger partial charge on any atom is -0.496 e. The van der Waals surface area contributed by atoms with Gasteiger partial charge in [-0.15, -0.1) is 0 Å². The van der Waals surface area contributed by atoms with E-state index in [1.54, 1.807) is 7.11 Å². The van der Waals surface area contributed by atoms with Gasteiger partial charge >= 0.3 is 0 Å². The molecule has 1 aliphatic carbocycles. The molecule has 0 bridgehead atoms. The Bertz CT molecular complexity index is 914. The lowest BCUT2D eigenvalue weighted by Crippen LogP contribution is -2.40. The van der Waals surface area contributed by atoms with Gasteiger partial charge < -0.3 is 26.0 Å². The fourth-order valence-electron chi connectivity index (χ4n) is 4.90. The van der Waals surface area contributed by atoms with Crippen molar-refractivity contribution in [2.75, 3.05) is 29.6 Å². The predicted octanol–water partition coefficient (Wildman–Crippen LogP) is 5.33. The molecule has 186 valence electrons. The van der Waals surface area contributed by atoms with Crippen molar-refractivity contribution in [2.24, 2.45) is 0 Å². The molecule has 1 aromatic carbocycles. The van der Waals surface area contributed by atoms with Gasteiger partial charge in [0.1, 0.15) is 5.75 Å². The third-order valence-electron chi connectivity index (χ3n) is 6.83. The number of benzene rings is 1. The maximum Gasteiger partial charge on any atom is 0.229 e. The summed E-state index contributed by atoms with van der Waals surface area (Å²) in [7, 11) is 1.67. The predicted molar refractivity (Wildman–Crippen MR) is 142 cm³/mol. The van der Waals surface area contributed by atoms with Gasteiger partial charge in [0.05, 0.1) is 11.6 Å². The first-order valence-electron chi connectivity index (χ1n) is 12.7. The van der Waals surface area contributed by atoms with Crippen molar-refractivity contribution in [2.45, 2.75) is 89.4 Å². The number of hydrogen-bond acceptors (Lipinski definition) is 8. The Balaban J connectivity index is 1.50. The fourth-order valence-corrected chi connectivity index (χ4v) is 5.49. The van der Waals surface area contributed by atoms with E-state index in [2.05, 4.69) is 50.2 Å². The zero-order valence-electron chi connectivity index (χ0n) is 20.4. The van der Waals surface area contributed by atoms with Crippen LogP contribution in [0.3, 0.4) is 0 Å². The summed E-state index contributed by atoms with van der Waals surface area (Å²) in [6.45, 7) is 3.90. The van der Waals surface area contributed by atoms with Crippen molar-refractivity contribution in [3.63, 3.8) is 0 Å². The molecule has 4 rings (SSSR count). The summed E-state index contributed by atoms with van der Waals surface area (Å²) in [6, 6.07) is 7.22. The zero-order valence-corrected chi connectivity index (χ0v) is 22.0. The van der Waals surface area contributed by atoms with Crippen LogP contribution >= 0.6 is 15.9 Å². The van der Waals surface area contributed by atoms with Crippen LogP contribution in [0.1, 0.15) is 70.3 Å². The van der Waals surface area contributed by atoms with Crippen molar-refractivity contribution in [3.05, 3.63) is 28.2 Å². The van der Waals surface area contributed by atoms with Crippen molar-refractivity contribution >= 4 is 33.8 Å². The maximum absolute atomic E-state index is 5.34. The van der Waals surface area contributed by atoms with Crippen molar-refractivity contribution in [1.29, 1.82) is 0 Å². The lowest BCUT2D eigenvalue weighted by molar-refractivity contribution is 0.412. The molecule has 9 heteroatoms. The molecule has 1 saturated heterocycles. The van der Waals surface area contributed by atoms with Crippen LogP contribution < -0.4 is 26.0 Å². The average molecular weight is 533 g/mol. The number of anilines is 3. The van der Waals surface area contributed by atoms with Gasteiger partial charge in [-0.05, 0) is 72.3 Å². The second-order valence-electron chi connectivity index (χ2n) is 9.32. The Hall–Kier alpha value is -2.13. The molecule has 1 aromatic heterocycles. The van der Waals surface area contributed by atoms with Gasteiger partial charge in [-0.2, -0.15) is 15.0 Å². The van der Waals surface area contributed by atoms with E-state index in [9.17, 15) is 0 Å².